The molecule has 0 atom stereocenters. The monoisotopic (exact) mass is 218 g/mol. The molecule has 0 unspecified atom stereocenters. The lowest BCUT2D eigenvalue weighted by molar-refractivity contribution is -0.159. The Morgan fingerprint density at radius 3 is 0.857 bits per heavy atom. The SMILES string of the molecule is O=C(O)C(=O)O.OB(O)F.OB(O)F. The molecule has 8 nitrogen and oxygen atoms in total. The number of hydrogen-bond acceptors (Lipinski definition) is 6. The summed E-state index contributed by atoms with van der Waals surface area (Å²) in [6.45, 7) is 0. The second-order valence-corrected chi connectivity index (χ2v) is 1.23. The fraction of sp³-hybridized carbons (Fsp3) is 0. The lowest BCUT2D eigenvalue weighted by atomic mass is 10.3. The van der Waals surface area contributed by atoms with E-state index < -0.39 is 26.7 Å². The van der Waals surface area contributed by atoms with Crippen LogP contribution in [-0.4, -0.2) is 57.0 Å². The van der Waals surface area contributed by atoms with Crippen LogP contribution in [0.25, 0.3) is 0 Å². The second-order valence-electron chi connectivity index (χ2n) is 1.23. The van der Waals surface area contributed by atoms with Crippen molar-refractivity contribution in [2.45, 2.75) is 0 Å². The summed E-state index contributed by atoms with van der Waals surface area (Å²) in [5, 5.41) is 42.6. The van der Waals surface area contributed by atoms with Crippen LogP contribution in [0.4, 0.5) is 8.63 Å². The number of carboxylic acid groups (broad SMARTS) is 2. The van der Waals surface area contributed by atoms with Crippen LogP contribution in [0, 0.1) is 0 Å². The van der Waals surface area contributed by atoms with Gasteiger partial charge in [-0.25, -0.2) is 9.59 Å². The predicted molar refractivity (Wildman–Crippen MR) is 37.9 cm³/mol. The molecule has 6 N–H and O–H groups in total. The van der Waals surface area contributed by atoms with Crippen molar-refractivity contribution in [2.24, 2.45) is 0 Å². The first-order valence-corrected chi connectivity index (χ1v) is 2.57. The van der Waals surface area contributed by atoms with Gasteiger partial charge in [0, 0.05) is 0 Å². The first-order valence-electron chi connectivity index (χ1n) is 2.57. The number of rotatable bonds is 0. The zero-order chi connectivity index (χ0) is 12.3. The van der Waals surface area contributed by atoms with Crippen molar-refractivity contribution in [1.29, 1.82) is 0 Å². The van der Waals surface area contributed by atoms with Gasteiger partial charge in [-0.3, -0.25) is 8.63 Å². The largest absolute Gasteiger partial charge is 0.674 e. The van der Waals surface area contributed by atoms with E-state index in [1.165, 1.54) is 0 Å². The second kappa shape index (κ2) is 11.8. The summed E-state index contributed by atoms with van der Waals surface area (Å²) >= 11 is 0. The van der Waals surface area contributed by atoms with Crippen LogP contribution < -0.4 is 0 Å². The van der Waals surface area contributed by atoms with E-state index in [0.717, 1.165) is 0 Å². The highest BCUT2D eigenvalue weighted by Crippen LogP contribution is 1.57. The van der Waals surface area contributed by atoms with E-state index in [9.17, 15) is 8.63 Å². The molecule has 0 saturated carbocycles. The summed E-state index contributed by atoms with van der Waals surface area (Å²) in [7, 11) is -5.33. The van der Waals surface area contributed by atoms with Gasteiger partial charge in [0.05, 0.1) is 0 Å². The van der Waals surface area contributed by atoms with E-state index in [2.05, 4.69) is 0 Å². The van der Waals surface area contributed by atoms with Crippen molar-refractivity contribution in [3.63, 3.8) is 0 Å². The number of hydrogen-bond donors (Lipinski definition) is 6. The predicted octanol–water partition coefficient (Wildman–Crippen LogP) is -2.99. The fourth-order valence-electron chi connectivity index (χ4n) is 0. The Morgan fingerprint density at radius 2 is 0.857 bits per heavy atom. The van der Waals surface area contributed by atoms with Crippen LogP contribution in [0.1, 0.15) is 0 Å². The van der Waals surface area contributed by atoms with Crippen LogP contribution in [0.5, 0.6) is 0 Å². The summed E-state index contributed by atoms with van der Waals surface area (Å²) in [5.41, 5.74) is 0. The standard InChI is InChI=1S/C2H2O4.2BFH2O2/c3-1(4)2(5)6;2*2-1(3)4/h(H,3,4)(H,5,6);2*3-4H. The molecule has 0 aliphatic carbocycles. The van der Waals surface area contributed by atoms with Gasteiger partial charge >= 0.3 is 26.7 Å². The third kappa shape index (κ3) is 134. The van der Waals surface area contributed by atoms with E-state index in [1.807, 2.05) is 0 Å². The maximum Gasteiger partial charge on any atom is 0.674 e. The Bertz CT molecular complexity index is 138. The Morgan fingerprint density at radius 1 is 0.786 bits per heavy atom. The Hall–Kier alpha value is -1.23. The van der Waals surface area contributed by atoms with Crippen LogP contribution in [-0.2, 0) is 9.59 Å². The summed E-state index contributed by atoms with van der Waals surface area (Å²) in [4.78, 5) is 18.2. The molecule has 0 amide bonds. The third-order valence-electron chi connectivity index (χ3n) is 0.183. The molecule has 0 aromatic carbocycles. The minimum absolute atomic E-state index is 1.82. The molecule has 0 aromatic rings. The fourth-order valence-corrected chi connectivity index (χ4v) is 0. The molecular formula is C2H6B2F2O8. The lowest BCUT2D eigenvalue weighted by Crippen LogP contribution is -2.09. The first kappa shape index (κ1) is 18.5. The Labute approximate surface area is 76.4 Å². The Balaban J connectivity index is -0.000000135. The molecule has 0 aliphatic rings. The van der Waals surface area contributed by atoms with Gasteiger partial charge < -0.3 is 30.3 Å². The summed E-state index contributed by atoms with van der Waals surface area (Å²) < 4.78 is 20.2. The van der Waals surface area contributed by atoms with Crippen LogP contribution in [0.15, 0.2) is 0 Å². The number of halogens is 2. The van der Waals surface area contributed by atoms with Gasteiger partial charge in [-0.15, -0.1) is 0 Å². The summed E-state index contributed by atoms with van der Waals surface area (Å²) in [6.07, 6.45) is 0. The van der Waals surface area contributed by atoms with Crippen molar-refractivity contribution < 1.29 is 48.5 Å². The highest BCUT2D eigenvalue weighted by atomic mass is 19.1. The normalized spacial score (nSPS) is 7.00. The van der Waals surface area contributed by atoms with E-state index in [1.54, 1.807) is 0 Å². The molecule has 0 rings (SSSR count). The third-order valence-corrected chi connectivity index (χ3v) is 0.183. The topological polar surface area (TPSA) is 156 Å². The zero-order valence-electron chi connectivity index (χ0n) is 6.41. The number of carboxylic acids is 2. The van der Waals surface area contributed by atoms with Crippen molar-refractivity contribution in [2.75, 3.05) is 0 Å². The smallest absolute Gasteiger partial charge is 0.473 e. The minimum atomic E-state index is -2.67. The van der Waals surface area contributed by atoms with Crippen molar-refractivity contribution in [1.82, 2.24) is 0 Å². The Kier molecular flexibility index (Phi) is 15.6. The molecule has 0 saturated heterocycles. The number of carbonyl (C=O) groups is 2. The van der Waals surface area contributed by atoms with Crippen molar-refractivity contribution in [3.05, 3.63) is 0 Å². The summed E-state index contributed by atoms with van der Waals surface area (Å²) in [6, 6.07) is 0. The summed E-state index contributed by atoms with van der Waals surface area (Å²) in [5.74, 6) is -3.65. The molecule has 0 aliphatic heterocycles. The molecule has 0 heterocycles. The minimum Gasteiger partial charge on any atom is -0.473 e. The molecule has 14 heavy (non-hydrogen) atoms. The first-order chi connectivity index (χ1) is 6.11. The molecule has 82 valence electrons. The molecule has 0 aromatic heterocycles. The molecule has 0 spiro atoms. The maximum absolute atomic E-state index is 10.1. The highest BCUT2D eigenvalue weighted by molar-refractivity contribution is 6.31. The number of aliphatic carboxylic acids is 2. The van der Waals surface area contributed by atoms with Crippen LogP contribution in [0.2, 0.25) is 0 Å². The van der Waals surface area contributed by atoms with Crippen molar-refractivity contribution in [3.8, 4) is 0 Å². The van der Waals surface area contributed by atoms with Gasteiger partial charge in [-0.05, 0) is 0 Å². The molecule has 0 fully saturated rings. The average molecular weight is 218 g/mol. The van der Waals surface area contributed by atoms with E-state index >= 15 is 0 Å². The molecule has 0 bridgehead atoms. The van der Waals surface area contributed by atoms with Gasteiger partial charge in [0.25, 0.3) is 0 Å². The van der Waals surface area contributed by atoms with E-state index in [-0.39, 0.29) is 0 Å². The van der Waals surface area contributed by atoms with E-state index in [4.69, 9.17) is 39.9 Å². The zero-order valence-corrected chi connectivity index (χ0v) is 6.41. The molecular weight excluding hydrogens is 212 g/mol. The van der Waals surface area contributed by atoms with Gasteiger partial charge in [0.1, 0.15) is 0 Å². The van der Waals surface area contributed by atoms with Crippen molar-refractivity contribution >= 4 is 26.7 Å². The average Bonchev–Trinajstić information content (AvgIpc) is 1.83. The maximum atomic E-state index is 10.1. The van der Waals surface area contributed by atoms with Gasteiger partial charge in [-0.2, -0.15) is 0 Å². The lowest BCUT2D eigenvalue weighted by Gasteiger charge is -1.72. The van der Waals surface area contributed by atoms with Gasteiger partial charge in [0.15, 0.2) is 0 Å². The quantitative estimate of drug-likeness (QED) is 0.185. The van der Waals surface area contributed by atoms with Gasteiger partial charge in [-0.1, -0.05) is 0 Å². The van der Waals surface area contributed by atoms with Crippen LogP contribution >= 0.6 is 0 Å². The molecule has 0 radical (unpaired) electrons. The molecule has 12 heteroatoms. The van der Waals surface area contributed by atoms with E-state index in [0.29, 0.717) is 0 Å². The van der Waals surface area contributed by atoms with Crippen LogP contribution in [0.3, 0.4) is 0 Å². The highest BCUT2D eigenvalue weighted by Gasteiger charge is 2.04. The van der Waals surface area contributed by atoms with Gasteiger partial charge in [0.2, 0.25) is 0 Å².